The Hall–Kier alpha value is -3.12. The van der Waals surface area contributed by atoms with Crippen molar-refractivity contribution in [1.29, 1.82) is 0 Å². The molecule has 0 bridgehead atoms. The maximum absolute atomic E-state index is 12.9. The van der Waals surface area contributed by atoms with Crippen molar-refractivity contribution in [2.45, 2.75) is 26.0 Å². The summed E-state index contributed by atoms with van der Waals surface area (Å²) >= 11 is 0. The minimum absolute atomic E-state index is 0.0441. The van der Waals surface area contributed by atoms with Crippen LogP contribution in [0.1, 0.15) is 31.0 Å². The van der Waals surface area contributed by atoms with Crippen LogP contribution in [0.25, 0.3) is 5.76 Å². The molecule has 1 aliphatic rings. The molecular weight excluding hydrogens is 380 g/mol. The molecule has 2 aromatic carbocycles. The third-order valence-electron chi connectivity index (χ3n) is 5.01. The average molecular weight is 410 g/mol. The van der Waals surface area contributed by atoms with Crippen molar-refractivity contribution >= 4 is 17.4 Å². The van der Waals surface area contributed by atoms with E-state index in [-0.39, 0.29) is 17.4 Å². The standard InChI is InChI=1S/C24H28N2O4/c1-16(2)30-19-12-10-17(11-13-19)21-20(22(27)18-8-6-5-7-9-18)23(28)24(29)26(21)15-14-25(3)4/h5-13,16,21,27H,14-15H2,1-4H3/p+1/t21-/m0/s1. The molecule has 1 atom stereocenters. The van der Waals surface area contributed by atoms with E-state index in [1.165, 1.54) is 4.90 Å². The maximum atomic E-state index is 12.9. The quantitative estimate of drug-likeness (QED) is 0.417. The Morgan fingerprint density at radius 2 is 1.70 bits per heavy atom. The molecule has 3 rings (SSSR count). The lowest BCUT2D eigenvalue weighted by Gasteiger charge is -2.26. The first-order valence-corrected chi connectivity index (χ1v) is 10.2. The van der Waals surface area contributed by atoms with Gasteiger partial charge in [-0.2, -0.15) is 0 Å². The van der Waals surface area contributed by atoms with E-state index in [2.05, 4.69) is 0 Å². The number of aliphatic hydroxyl groups is 1. The number of carbonyl (C=O) groups is 2. The zero-order valence-corrected chi connectivity index (χ0v) is 17.9. The normalized spacial score (nSPS) is 18.5. The number of amides is 1. The summed E-state index contributed by atoms with van der Waals surface area (Å²) in [6.07, 6.45) is 0.0441. The van der Waals surface area contributed by atoms with Crippen LogP contribution in [0.4, 0.5) is 0 Å². The number of nitrogens with one attached hydrogen (secondary N) is 1. The van der Waals surface area contributed by atoms with Gasteiger partial charge in [0, 0.05) is 5.56 Å². The van der Waals surface area contributed by atoms with Gasteiger partial charge >= 0.3 is 0 Å². The van der Waals surface area contributed by atoms with Crippen molar-refractivity contribution in [3.05, 3.63) is 71.3 Å². The zero-order valence-electron chi connectivity index (χ0n) is 17.9. The van der Waals surface area contributed by atoms with E-state index in [1.807, 2.05) is 58.3 Å². The first-order valence-electron chi connectivity index (χ1n) is 10.2. The predicted molar refractivity (Wildman–Crippen MR) is 115 cm³/mol. The largest absolute Gasteiger partial charge is 0.507 e. The molecule has 2 aromatic rings. The first-order chi connectivity index (χ1) is 14.3. The summed E-state index contributed by atoms with van der Waals surface area (Å²) < 4.78 is 5.71. The molecule has 1 fully saturated rings. The van der Waals surface area contributed by atoms with Crippen LogP contribution in [0.5, 0.6) is 5.75 Å². The van der Waals surface area contributed by atoms with Crippen LogP contribution in [-0.2, 0) is 9.59 Å². The van der Waals surface area contributed by atoms with Gasteiger partial charge in [0.15, 0.2) is 0 Å². The smallest absolute Gasteiger partial charge is 0.295 e. The summed E-state index contributed by atoms with van der Waals surface area (Å²) in [4.78, 5) is 28.5. The highest BCUT2D eigenvalue weighted by molar-refractivity contribution is 6.46. The van der Waals surface area contributed by atoms with E-state index >= 15 is 0 Å². The molecular formula is C24H29N2O4+. The number of hydrogen-bond donors (Lipinski definition) is 2. The van der Waals surface area contributed by atoms with Gasteiger partial charge < -0.3 is 19.6 Å². The summed E-state index contributed by atoms with van der Waals surface area (Å²) in [6, 6.07) is 15.6. The van der Waals surface area contributed by atoms with E-state index in [0.717, 1.165) is 5.56 Å². The number of rotatable bonds is 7. The lowest BCUT2D eigenvalue weighted by atomic mass is 9.95. The Labute approximate surface area is 177 Å². The highest BCUT2D eigenvalue weighted by Crippen LogP contribution is 2.39. The van der Waals surface area contributed by atoms with E-state index < -0.39 is 17.7 Å². The molecule has 0 spiro atoms. The van der Waals surface area contributed by atoms with Gasteiger partial charge in [0.05, 0.1) is 44.9 Å². The lowest BCUT2D eigenvalue weighted by molar-refractivity contribution is -0.857. The number of benzene rings is 2. The fourth-order valence-corrected chi connectivity index (χ4v) is 3.55. The van der Waals surface area contributed by atoms with Crippen molar-refractivity contribution in [1.82, 2.24) is 4.90 Å². The van der Waals surface area contributed by atoms with Crippen molar-refractivity contribution in [2.75, 3.05) is 27.2 Å². The highest BCUT2D eigenvalue weighted by Gasteiger charge is 2.46. The molecule has 0 radical (unpaired) electrons. The third-order valence-corrected chi connectivity index (χ3v) is 5.01. The van der Waals surface area contributed by atoms with Crippen molar-refractivity contribution in [3.63, 3.8) is 0 Å². The number of nitrogens with zero attached hydrogens (tertiary/aromatic N) is 1. The molecule has 1 saturated heterocycles. The first kappa shape index (κ1) is 21.6. The second-order valence-electron chi connectivity index (χ2n) is 8.05. The average Bonchev–Trinajstić information content (AvgIpc) is 2.97. The van der Waals surface area contributed by atoms with Gasteiger partial charge in [0.25, 0.3) is 11.7 Å². The summed E-state index contributed by atoms with van der Waals surface area (Å²) in [5.41, 5.74) is 1.40. The summed E-state index contributed by atoms with van der Waals surface area (Å²) in [7, 11) is 3.99. The van der Waals surface area contributed by atoms with Crippen LogP contribution in [-0.4, -0.2) is 55.0 Å². The third kappa shape index (κ3) is 4.54. The Kier molecular flexibility index (Phi) is 6.57. The SMILES string of the molecule is CC(C)Oc1ccc([C@H]2C(=C(O)c3ccccc3)C(=O)C(=O)N2CC[NH+](C)C)cc1. The van der Waals surface area contributed by atoms with Crippen molar-refractivity contribution < 1.29 is 24.3 Å². The monoisotopic (exact) mass is 409 g/mol. The number of quaternary nitrogens is 1. The van der Waals surface area contributed by atoms with Crippen LogP contribution in [0.15, 0.2) is 60.2 Å². The maximum Gasteiger partial charge on any atom is 0.295 e. The Morgan fingerprint density at radius 1 is 1.07 bits per heavy atom. The van der Waals surface area contributed by atoms with Gasteiger partial charge in [-0.25, -0.2) is 0 Å². The minimum Gasteiger partial charge on any atom is -0.507 e. The second-order valence-corrected chi connectivity index (χ2v) is 8.05. The number of ketones is 1. The fraction of sp³-hybridized carbons (Fsp3) is 0.333. The molecule has 6 heteroatoms. The summed E-state index contributed by atoms with van der Waals surface area (Å²) in [5.74, 6) is -0.675. The summed E-state index contributed by atoms with van der Waals surface area (Å²) in [6.45, 7) is 5.00. The fourth-order valence-electron chi connectivity index (χ4n) is 3.55. The van der Waals surface area contributed by atoms with Crippen LogP contribution >= 0.6 is 0 Å². The Bertz CT molecular complexity index is 933. The van der Waals surface area contributed by atoms with E-state index in [4.69, 9.17) is 4.74 Å². The molecule has 158 valence electrons. The van der Waals surface area contributed by atoms with Crippen molar-refractivity contribution in [3.8, 4) is 5.75 Å². The highest BCUT2D eigenvalue weighted by atomic mass is 16.5. The van der Waals surface area contributed by atoms with Crippen molar-refractivity contribution in [2.24, 2.45) is 0 Å². The molecule has 1 amide bonds. The number of aliphatic hydroxyl groups excluding tert-OH is 1. The molecule has 0 saturated carbocycles. The number of hydrogen-bond acceptors (Lipinski definition) is 4. The van der Waals surface area contributed by atoms with Gasteiger partial charge in [-0.3, -0.25) is 9.59 Å². The van der Waals surface area contributed by atoms with Gasteiger partial charge in [0.1, 0.15) is 11.5 Å². The van der Waals surface area contributed by atoms with E-state index in [9.17, 15) is 14.7 Å². The Morgan fingerprint density at radius 3 is 2.27 bits per heavy atom. The molecule has 1 heterocycles. The van der Waals surface area contributed by atoms with Crippen LogP contribution < -0.4 is 9.64 Å². The number of Topliss-reactive ketones (excluding diaryl/α,β-unsaturated/α-hetero) is 1. The number of carbonyl (C=O) groups excluding carboxylic acids is 2. The molecule has 1 aliphatic heterocycles. The molecule has 0 aliphatic carbocycles. The van der Waals surface area contributed by atoms with Gasteiger partial charge in [-0.05, 0) is 31.5 Å². The van der Waals surface area contributed by atoms with E-state index in [0.29, 0.717) is 24.4 Å². The number of likely N-dealkylation sites (N-methyl/N-ethyl adjacent to an activating group) is 1. The molecule has 0 aromatic heterocycles. The molecule has 2 N–H and O–H groups in total. The lowest BCUT2D eigenvalue weighted by Crippen LogP contribution is -3.06. The van der Waals surface area contributed by atoms with E-state index in [1.54, 1.807) is 29.2 Å². The number of ether oxygens (including phenoxy) is 1. The Balaban J connectivity index is 2.07. The van der Waals surface area contributed by atoms with Crippen LogP contribution in [0.2, 0.25) is 0 Å². The molecule has 6 nitrogen and oxygen atoms in total. The van der Waals surface area contributed by atoms with Gasteiger partial charge in [0.2, 0.25) is 0 Å². The molecule has 30 heavy (non-hydrogen) atoms. The zero-order chi connectivity index (χ0) is 21.8. The van der Waals surface area contributed by atoms with Crippen LogP contribution in [0, 0.1) is 0 Å². The summed E-state index contributed by atoms with van der Waals surface area (Å²) in [5, 5.41) is 11.0. The molecule has 0 unspecified atom stereocenters. The topological polar surface area (TPSA) is 71.3 Å². The van der Waals surface area contributed by atoms with Gasteiger partial charge in [-0.1, -0.05) is 42.5 Å². The van der Waals surface area contributed by atoms with Crippen LogP contribution in [0.3, 0.4) is 0 Å². The minimum atomic E-state index is -0.655. The predicted octanol–water partition coefficient (Wildman–Crippen LogP) is 2.04. The second kappa shape index (κ2) is 9.13. The number of likely N-dealkylation sites (tertiary alicyclic amines) is 1. The van der Waals surface area contributed by atoms with Gasteiger partial charge in [-0.15, -0.1) is 0 Å².